The summed E-state index contributed by atoms with van der Waals surface area (Å²) < 4.78 is 7.23. The van der Waals surface area contributed by atoms with Gasteiger partial charge in [-0.3, -0.25) is 4.79 Å². The lowest BCUT2D eigenvalue weighted by atomic mass is 10.2. The smallest absolute Gasteiger partial charge is 0.248 e. The number of halogens is 1. The number of nitrogens with one attached hydrogen (secondary N) is 1. The standard InChI is InChI=1S/C20H13BrN2O2S/c21-13-7-9-16(22-19(24)10-8-14-4-3-11-25-14)15(12-13)20-23-17-5-1-2-6-18(17)26-20/h1-12H,(H,22,24). The van der Waals surface area contributed by atoms with E-state index in [0.717, 1.165) is 25.3 Å². The second-order valence-corrected chi connectivity index (χ2v) is 7.46. The van der Waals surface area contributed by atoms with Crippen LogP contribution in [0.5, 0.6) is 0 Å². The predicted molar refractivity (Wildman–Crippen MR) is 109 cm³/mol. The Morgan fingerprint density at radius 2 is 2.04 bits per heavy atom. The van der Waals surface area contributed by atoms with Crippen molar-refractivity contribution < 1.29 is 9.21 Å². The average Bonchev–Trinajstić information content (AvgIpc) is 3.30. The van der Waals surface area contributed by atoms with Crippen molar-refractivity contribution in [1.82, 2.24) is 4.98 Å². The molecule has 0 unspecified atom stereocenters. The van der Waals surface area contributed by atoms with Gasteiger partial charge in [-0.25, -0.2) is 4.98 Å². The number of rotatable bonds is 4. The molecule has 0 bridgehead atoms. The van der Waals surface area contributed by atoms with Gasteiger partial charge in [-0.05, 0) is 48.5 Å². The third-order valence-electron chi connectivity index (χ3n) is 3.71. The molecular weight excluding hydrogens is 412 g/mol. The number of hydrogen-bond donors (Lipinski definition) is 1. The predicted octanol–water partition coefficient (Wildman–Crippen LogP) is 5.97. The van der Waals surface area contributed by atoms with Crippen LogP contribution in [0, 0.1) is 0 Å². The van der Waals surface area contributed by atoms with Gasteiger partial charge in [-0.15, -0.1) is 11.3 Å². The van der Waals surface area contributed by atoms with Gasteiger partial charge in [0.05, 0.1) is 22.2 Å². The highest BCUT2D eigenvalue weighted by Gasteiger charge is 2.12. The Bertz CT molecular complexity index is 1070. The van der Waals surface area contributed by atoms with Crippen LogP contribution in [-0.2, 0) is 4.79 Å². The topological polar surface area (TPSA) is 55.1 Å². The van der Waals surface area contributed by atoms with E-state index in [-0.39, 0.29) is 5.91 Å². The number of aromatic nitrogens is 1. The van der Waals surface area contributed by atoms with Crippen LogP contribution in [0.15, 0.2) is 75.8 Å². The number of thiazole rings is 1. The highest BCUT2D eigenvalue weighted by atomic mass is 79.9. The molecule has 26 heavy (non-hydrogen) atoms. The van der Waals surface area contributed by atoms with Gasteiger partial charge in [0.2, 0.25) is 5.91 Å². The van der Waals surface area contributed by atoms with E-state index in [1.807, 2.05) is 42.5 Å². The van der Waals surface area contributed by atoms with Crippen molar-refractivity contribution in [3.63, 3.8) is 0 Å². The maximum atomic E-state index is 12.3. The molecule has 6 heteroatoms. The van der Waals surface area contributed by atoms with Crippen LogP contribution < -0.4 is 5.32 Å². The third kappa shape index (κ3) is 3.61. The van der Waals surface area contributed by atoms with Crippen LogP contribution in [0.2, 0.25) is 0 Å². The van der Waals surface area contributed by atoms with Crippen molar-refractivity contribution in [2.24, 2.45) is 0 Å². The lowest BCUT2D eigenvalue weighted by Gasteiger charge is -2.08. The maximum absolute atomic E-state index is 12.3. The molecular formula is C20H13BrN2O2S. The summed E-state index contributed by atoms with van der Waals surface area (Å²) in [7, 11) is 0. The van der Waals surface area contributed by atoms with E-state index in [2.05, 4.69) is 21.2 Å². The van der Waals surface area contributed by atoms with Crippen LogP contribution >= 0.6 is 27.3 Å². The fourth-order valence-electron chi connectivity index (χ4n) is 2.51. The van der Waals surface area contributed by atoms with Gasteiger partial charge < -0.3 is 9.73 Å². The second kappa shape index (κ2) is 7.27. The molecule has 128 valence electrons. The Kier molecular flexibility index (Phi) is 4.69. The Morgan fingerprint density at radius 3 is 2.85 bits per heavy atom. The molecule has 0 saturated carbocycles. The van der Waals surface area contributed by atoms with Crippen molar-refractivity contribution in [3.8, 4) is 10.6 Å². The van der Waals surface area contributed by atoms with E-state index in [1.54, 1.807) is 35.8 Å². The van der Waals surface area contributed by atoms with Crippen LogP contribution in [0.1, 0.15) is 5.76 Å². The Labute approximate surface area is 162 Å². The van der Waals surface area contributed by atoms with Crippen LogP contribution in [0.3, 0.4) is 0 Å². The monoisotopic (exact) mass is 424 g/mol. The highest BCUT2D eigenvalue weighted by Crippen LogP contribution is 2.36. The van der Waals surface area contributed by atoms with Crippen molar-refractivity contribution >= 4 is 55.2 Å². The minimum Gasteiger partial charge on any atom is -0.465 e. The zero-order valence-corrected chi connectivity index (χ0v) is 15.9. The molecule has 0 aliphatic heterocycles. The molecule has 0 radical (unpaired) electrons. The average molecular weight is 425 g/mol. The van der Waals surface area contributed by atoms with Gasteiger partial charge in [0, 0.05) is 16.1 Å². The Morgan fingerprint density at radius 1 is 1.15 bits per heavy atom. The van der Waals surface area contributed by atoms with Crippen LogP contribution in [0.25, 0.3) is 26.9 Å². The number of amides is 1. The van der Waals surface area contributed by atoms with E-state index < -0.39 is 0 Å². The molecule has 4 nitrogen and oxygen atoms in total. The van der Waals surface area contributed by atoms with E-state index >= 15 is 0 Å². The Balaban J connectivity index is 1.65. The summed E-state index contributed by atoms with van der Waals surface area (Å²) in [5.41, 5.74) is 2.53. The first-order valence-electron chi connectivity index (χ1n) is 7.87. The zero-order valence-electron chi connectivity index (χ0n) is 13.5. The minimum absolute atomic E-state index is 0.230. The third-order valence-corrected chi connectivity index (χ3v) is 5.27. The van der Waals surface area contributed by atoms with Crippen LogP contribution in [0.4, 0.5) is 5.69 Å². The summed E-state index contributed by atoms with van der Waals surface area (Å²) in [6, 6.07) is 17.3. The lowest BCUT2D eigenvalue weighted by Crippen LogP contribution is -2.08. The summed E-state index contributed by atoms with van der Waals surface area (Å²) in [5, 5.41) is 3.78. The number of carbonyl (C=O) groups is 1. The van der Waals surface area contributed by atoms with Crippen molar-refractivity contribution in [2.75, 3.05) is 5.32 Å². The number of hydrogen-bond acceptors (Lipinski definition) is 4. The summed E-state index contributed by atoms with van der Waals surface area (Å²) in [5.74, 6) is 0.397. The molecule has 2 aromatic heterocycles. The quantitative estimate of drug-likeness (QED) is 0.410. The van der Waals surface area contributed by atoms with Gasteiger partial charge >= 0.3 is 0 Å². The second-order valence-electron chi connectivity index (χ2n) is 5.51. The zero-order chi connectivity index (χ0) is 17.9. The first-order chi connectivity index (χ1) is 12.7. The molecule has 0 atom stereocenters. The van der Waals surface area contributed by atoms with Crippen molar-refractivity contribution in [2.45, 2.75) is 0 Å². The van der Waals surface area contributed by atoms with Crippen LogP contribution in [-0.4, -0.2) is 10.9 Å². The summed E-state index contributed by atoms with van der Waals surface area (Å²) in [6.07, 6.45) is 4.64. The van der Waals surface area contributed by atoms with E-state index in [4.69, 9.17) is 9.40 Å². The van der Waals surface area contributed by atoms with E-state index in [9.17, 15) is 4.79 Å². The SMILES string of the molecule is O=C(C=Cc1ccco1)Nc1ccc(Br)cc1-c1nc2ccccc2s1. The molecule has 1 amide bonds. The number of para-hydroxylation sites is 1. The Hall–Kier alpha value is -2.70. The highest BCUT2D eigenvalue weighted by molar-refractivity contribution is 9.10. The van der Waals surface area contributed by atoms with Gasteiger partial charge in [0.25, 0.3) is 0 Å². The normalized spacial score (nSPS) is 11.3. The number of anilines is 1. The molecule has 4 rings (SSSR count). The number of carbonyl (C=O) groups excluding carboxylic acids is 1. The first kappa shape index (κ1) is 16.8. The molecule has 0 aliphatic rings. The fraction of sp³-hybridized carbons (Fsp3) is 0. The van der Waals surface area contributed by atoms with Gasteiger partial charge in [-0.1, -0.05) is 28.1 Å². The molecule has 1 N–H and O–H groups in total. The molecule has 2 heterocycles. The number of furan rings is 1. The van der Waals surface area contributed by atoms with E-state index in [0.29, 0.717) is 11.4 Å². The van der Waals surface area contributed by atoms with Crippen molar-refractivity contribution in [1.29, 1.82) is 0 Å². The number of fused-ring (bicyclic) bond motifs is 1. The number of benzene rings is 2. The molecule has 0 aliphatic carbocycles. The van der Waals surface area contributed by atoms with Gasteiger partial charge in [-0.2, -0.15) is 0 Å². The maximum Gasteiger partial charge on any atom is 0.248 e. The first-order valence-corrected chi connectivity index (χ1v) is 9.48. The summed E-state index contributed by atoms with van der Waals surface area (Å²) in [6.45, 7) is 0. The minimum atomic E-state index is -0.230. The summed E-state index contributed by atoms with van der Waals surface area (Å²) >= 11 is 5.09. The molecule has 0 spiro atoms. The lowest BCUT2D eigenvalue weighted by molar-refractivity contribution is -0.111. The largest absolute Gasteiger partial charge is 0.465 e. The van der Waals surface area contributed by atoms with E-state index in [1.165, 1.54) is 6.08 Å². The molecule has 0 fully saturated rings. The van der Waals surface area contributed by atoms with Gasteiger partial charge in [0.1, 0.15) is 10.8 Å². The fourth-order valence-corrected chi connectivity index (χ4v) is 3.87. The van der Waals surface area contributed by atoms with Crippen molar-refractivity contribution in [3.05, 3.63) is 77.2 Å². The summed E-state index contributed by atoms with van der Waals surface area (Å²) in [4.78, 5) is 17.0. The number of nitrogens with zero attached hydrogens (tertiary/aromatic N) is 1. The molecule has 4 aromatic rings. The van der Waals surface area contributed by atoms with Gasteiger partial charge in [0.15, 0.2) is 0 Å². The molecule has 2 aromatic carbocycles. The molecule has 0 saturated heterocycles.